The van der Waals surface area contributed by atoms with E-state index >= 15 is 0 Å². The van der Waals surface area contributed by atoms with Crippen molar-refractivity contribution in [3.05, 3.63) is 0 Å². The van der Waals surface area contributed by atoms with Crippen LogP contribution in [-0.4, -0.2) is 12.7 Å². The summed E-state index contributed by atoms with van der Waals surface area (Å²) in [5.74, 6) is 0. The smallest absolute Gasteiger partial charge is 0.186 e. The molecule has 0 aromatic heterocycles. The molecule has 0 aliphatic rings. The Bertz CT molecular complexity index is 272. The third-order valence-electron chi connectivity index (χ3n) is 4.53. The molecule has 0 aromatic carbocycles. The summed E-state index contributed by atoms with van der Waals surface area (Å²) in [6, 6.07) is 0. The predicted molar refractivity (Wildman–Crippen MR) is 107 cm³/mol. The van der Waals surface area contributed by atoms with Crippen LogP contribution in [0.3, 0.4) is 0 Å². The van der Waals surface area contributed by atoms with Crippen molar-refractivity contribution in [1.29, 1.82) is 0 Å². The molecular weight excluding hydrogens is 315 g/mol. The number of nitrogens with one attached hydrogen (secondary N) is 1. The Morgan fingerprint density at radius 3 is 1.54 bits per heavy atom. The molecule has 0 bridgehead atoms. The largest absolute Gasteiger partial charge is 0.611 e. The van der Waals surface area contributed by atoms with Gasteiger partial charge < -0.3 is 4.89 Å². The van der Waals surface area contributed by atoms with Crippen molar-refractivity contribution in [1.82, 2.24) is 5.43 Å². The van der Waals surface area contributed by atoms with Gasteiger partial charge >= 0.3 is 0 Å². The van der Waals surface area contributed by atoms with Crippen molar-refractivity contribution in [2.75, 3.05) is 12.7 Å². The lowest BCUT2D eigenvalue weighted by Crippen LogP contribution is -2.08. The van der Waals surface area contributed by atoms with Crippen molar-refractivity contribution in [2.45, 2.75) is 117 Å². The molecule has 0 fully saturated rings. The van der Waals surface area contributed by atoms with Crippen LogP contribution in [-0.2, 0) is 0 Å². The van der Waals surface area contributed by atoms with E-state index in [9.17, 15) is 4.89 Å². The molecule has 144 valence electrons. The second-order valence-electron chi connectivity index (χ2n) is 7.03. The van der Waals surface area contributed by atoms with Crippen LogP contribution in [0.1, 0.15) is 117 Å². The summed E-state index contributed by atoms with van der Waals surface area (Å²) in [5, 5.41) is 0. The lowest BCUT2D eigenvalue weighted by atomic mass is 10.1. The summed E-state index contributed by atoms with van der Waals surface area (Å²) in [4.78, 5) is 15.9. The second kappa shape index (κ2) is 21.1. The van der Waals surface area contributed by atoms with Crippen LogP contribution < -0.4 is 10.3 Å². The van der Waals surface area contributed by atoms with E-state index in [-0.39, 0.29) is 0 Å². The Morgan fingerprint density at radius 2 is 1.04 bits per heavy atom. The van der Waals surface area contributed by atoms with Gasteiger partial charge in [-0.1, -0.05) is 97.3 Å². The average Bonchev–Trinajstić information content (AvgIpc) is 2.59. The Balaban J connectivity index is 3.23. The zero-order valence-corrected chi connectivity index (χ0v) is 17.4. The van der Waals surface area contributed by atoms with Gasteiger partial charge in [0.1, 0.15) is 6.16 Å². The topological polar surface area (TPSA) is 47.5 Å². The van der Waals surface area contributed by atoms with E-state index in [1.54, 1.807) is 0 Å². The molecule has 0 rings (SSSR count). The van der Waals surface area contributed by atoms with Crippen LogP contribution in [0.2, 0.25) is 0 Å². The van der Waals surface area contributed by atoms with Crippen molar-refractivity contribution >= 4 is 7.94 Å². The van der Waals surface area contributed by atoms with Crippen molar-refractivity contribution < 1.29 is 4.89 Å². The molecule has 0 aliphatic heterocycles. The number of hydrogen-bond acceptors (Lipinski definition) is 2. The fraction of sp³-hybridized carbons (Fsp3) is 1.00. The van der Waals surface area contributed by atoms with Gasteiger partial charge in [-0.15, -0.1) is 0 Å². The van der Waals surface area contributed by atoms with Gasteiger partial charge in [0.2, 0.25) is 0 Å². The molecule has 0 aliphatic carbocycles. The molecule has 0 spiro atoms. The molecule has 0 saturated heterocycles. The minimum absolute atomic E-state index is 0.759. The van der Waals surface area contributed by atoms with Crippen LogP contribution >= 0.6 is 7.94 Å². The predicted octanol–water partition coefficient (Wildman–Crippen LogP) is 6.71. The minimum Gasteiger partial charge on any atom is -0.611 e. The highest BCUT2D eigenvalue weighted by Gasteiger charge is 1.99. The first-order chi connectivity index (χ1) is 11.8. The summed E-state index contributed by atoms with van der Waals surface area (Å²) in [6.45, 7) is 5.39. The number of unbranched alkanes of at least 4 members (excludes halogenated alkanes) is 14. The maximum atomic E-state index is 11.8. The molecule has 1 unspecified atom stereocenters. The van der Waals surface area contributed by atoms with E-state index in [0.717, 1.165) is 25.5 Å². The molecule has 0 saturated carbocycles. The van der Waals surface area contributed by atoms with Gasteiger partial charge in [-0.05, 0) is 24.1 Å². The van der Waals surface area contributed by atoms with Gasteiger partial charge in [-0.3, -0.25) is 0 Å². The summed E-state index contributed by atoms with van der Waals surface area (Å²) in [6.07, 6.45) is 21.7. The third kappa shape index (κ3) is 20.1. The standard InChI is InChI=1S/C20H43N2OP/c1-3-5-7-9-11-12-13-14-16-18-20-24(23)22-21-19-17-15-10-8-6-4-2/h21H,3-20H2,1-2H3. The molecule has 4 heteroatoms. The summed E-state index contributed by atoms with van der Waals surface area (Å²) < 4.78 is 0. The Kier molecular flexibility index (Phi) is 21.1. The first-order valence-corrected chi connectivity index (χ1v) is 12.1. The fourth-order valence-electron chi connectivity index (χ4n) is 2.90. The van der Waals surface area contributed by atoms with Crippen LogP contribution in [0, 0.1) is 0 Å². The molecule has 3 nitrogen and oxygen atoms in total. The molecule has 0 radical (unpaired) electrons. The monoisotopic (exact) mass is 358 g/mol. The minimum atomic E-state index is -1.38. The number of rotatable bonds is 19. The normalized spacial score (nSPS) is 12.0. The van der Waals surface area contributed by atoms with Gasteiger partial charge in [-0.25, -0.2) is 0 Å². The molecule has 0 heterocycles. The van der Waals surface area contributed by atoms with E-state index in [4.69, 9.17) is 0 Å². The summed E-state index contributed by atoms with van der Waals surface area (Å²) in [5.41, 5.74) is 3.00. The van der Waals surface area contributed by atoms with Gasteiger partial charge in [0.25, 0.3) is 0 Å². The molecule has 24 heavy (non-hydrogen) atoms. The molecule has 1 N–H and O–H groups in total. The van der Waals surface area contributed by atoms with Gasteiger partial charge in [0.05, 0.1) is 0 Å². The lowest BCUT2D eigenvalue weighted by Gasteiger charge is -2.02. The van der Waals surface area contributed by atoms with Crippen LogP contribution in [0.25, 0.3) is 0 Å². The van der Waals surface area contributed by atoms with Gasteiger partial charge in [0, 0.05) is 6.54 Å². The van der Waals surface area contributed by atoms with Crippen molar-refractivity contribution in [2.24, 2.45) is 4.85 Å². The summed E-state index contributed by atoms with van der Waals surface area (Å²) >= 11 is 0. The Labute approximate surface area is 152 Å². The molecule has 1 atom stereocenters. The lowest BCUT2D eigenvalue weighted by molar-refractivity contribution is -0.155. The highest BCUT2D eigenvalue weighted by atomic mass is 31.1. The zero-order valence-electron chi connectivity index (χ0n) is 16.5. The highest BCUT2D eigenvalue weighted by molar-refractivity contribution is 7.39. The van der Waals surface area contributed by atoms with E-state index in [1.807, 2.05) is 0 Å². The Hall–Kier alpha value is 0.0200. The van der Waals surface area contributed by atoms with Crippen molar-refractivity contribution in [3.63, 3.8) is 0 Å². The maximum Gasteiger partial charge on any atom is 0.186 e. The quantitative estimate of drug-likeness (QED) is 0.158. The fourth-order valence-corrected chi connectivity index (χ4v) is 3.75. The Morgan fingerprint density at radius 1 is 0.625 bits per heavy atom. The van der Waals surface area contributed by atoms with Gasteiger partial charge in [-0.2, -0.15) is 5.43 Å². The first-order valence-electron chi connectivity index (χ1n) is 10.7. The zero-order chi connectivity index (χ0) is 17.7. The SMILES string of the molecule is CCCCCCCCCCCC[P+]([O-])=NNCCCCCCCC. The molecule has 0 aromatic rings. The summed E-state index contributed by atoms with van der Waals surface area (Å²) in [7, 11) is -1.38. The van der Waals surface area contributed by atoms with E-state index in [1.165, 1.54) is 89.9 Å². The van der Waals surface area contributed by atoms with E-state index in [2.05, 4.69) is 24.1 Å². The van der Waals surface area contributed by atoms with Gasteiger partial charge in [0.15, 0.2) is 7.94 Å². The van der Waals surface area contributed by atoms with Crippen molar-refractivity contribution in [3.8, 4) is 0 Å². The van der Waals surface area contributed by atoms with Crippen LogP contribution in [0.4, 0.5) is 0 Å². The molecule has 0 amide bonds. The second-order valence-corrected chi connectivity index (χ2v) is 8.39. The first kappa shape index (κ1) is 24.0. The van der Waals surface area contributed by atoms with Crippen LogP contribution in [0.5, 0.6) is 0 Å². The highest BCUT2D eigenvalue weighted by Crippen LogP contribution is 2.17. The molecular formula is C20H43N2OP. The maximum absolute atomic E-state index is 11.8. The van der Waals surface area contributed by atoms with Crippen LogP contribution in [0.15, 0.2) is 4.85 Å². The van der Waals surface area contributed by atoms with E-state index < -0.39 is 7.94 Å². The third-order valence-corrected chi connectivity index (χ3v) is 5.59. The van der Waals surface area contributed by atoms with E-state index in [0.29, 0.717) is 0 Å². The number of hydrogen-bond donors (Lipinski definition) is 1. The average molecular weight is 359 g/mol. The number of nitrogens with zero attached hydrogens (tertiary/aromatic N) is 1.